The Morgan fingerprint density at radius 2 is 2.00 bits per heavy atom. The number of carbonyl (C=O) groups is 1. The molecule has 0 fully saturated rings. The lowest BCUT2D eigenvalue weighted by molar-refractivity contribution is -0.120. The van der Waals surface area contributed by atoms with Gasteiger partial charge in [-0.3, -0.25) is 4.79 Å². The second kappa shape index (κ2) is 5.47. The van der Waals surface area contributed by atoms with Crippen molar-refractivity contribution in [3.8, 4) is 5.75 Å². The molecule has 0 atom stereocenters. The Morgan fingerprint density at radius 1 is 1.22 bits per heavy atom. The molecule has 0 saturated heterocycles. The van der Waals surface area contributed by atoms with Gasteiger partial charge >= 0.3 is 0 Å². The fourth-order valence-electron chi connectivity index (χ4n) is 2.74. The molecule has 0 radical (unpaired) electrons. The number of nitrogens with one attached hydrogen (secondary N) is 1. The van der Waals surface area contributed by atoms with Crippen molar-refractivity contribution in [3.63, 3.8) is 0 Å². The number of ether oxygens (including phenoxy) is 1. The lowest BCUT2D eigenvalue weighted by atomic mass is 10.0. The van der Waals surface area contributed by atoms with Gasteiger partial charge in [-0.05, 0) is 42.8 Å². The Bertz CT molecular complexity index is 936. The SMILES string of the molecule is COc1ccc(C2=NNC(=O)Cc3c2sc2sc(C)cc32)cc1. The van der Waals surface area contributed by atoms with E-state index in [-0.39, 0.29) is 5.91 Å². The minimum Gasteiger partial charge on any atom is -0.497 e. The molecular weight excluding hydrogens is 328 g/mol. The van der Waals surface area contributed by atoms with Crippen LogP contribution in [-0.2, 0) is 11.2 Å². The number of rotatable bonds is 2. The molecule has 3 heterocycles. The maximum absolute atomic E-state index is 12.0. The number of amides is 1. The van der Waals surface area contributed by atoms with Crippen LogP contribution in [0.15, 0.2) is 35.4 Å². The first-order valence-electron chi connectivity index (χ1n) is 7.19. The molecule has 2 aromatic heterocycles. The minimum absolute atomic E-state index is 0.0710. The van der Waals surface area contributed by atoms with Crippen molar-refractivity contribution in [2.24, 2.45) is 5.10 Å². The third-order valence-electron chi connectivity index (χ3n) is 3.82. The molecule has 0 saturated carbocycles. The smallest absolute Gasteiger partial charge is 0.244 e. The number of benzene rings is 1. The highest BCUT2D eigenvalue weighted by Crippen LogP contribution is 2.39. The quantitative estimate of drug-likeness (QED) is 0.772. The van der Waals surface area contributed by atoms with E-state index in [4.69, 9.17) is 4.74 Å². The zero-order chi connectivity index (χ0) is 16.0. The summed E-state index contributed by atoms with van der Waals surface area (Å²) in [4.78, 5) is 14.4. The Balaban J connectivity index is 1.89. The minimum atomic E-state index is -0.0710. The highest BCUT2D eigenvalue weighted by atomic mass is 32.2. The largest absolute Gasteiger partial charge is 0.497 e. The molecule has 0 unspecified atom stereocenters. The van der Waals surface area contributed by atoms with Gasteiger partial charge in [0.05, 0.1) is 22.4 Å². The number of hydrogen-bond donors (Lipinski definition) is 1. The van der Waals surface area contributed by atoms with E-state index in [1.54, 1.807) is 29.8 Å². The normalized spacial score (nSPS) is 14.2. The van der Waals surface area contributed by atoms with Crippen molar-refractivity contribution in [2.75, 3.05) is 7.11 Å². The van der Waals surface area contributed by atoms with Crippen molar-refractivity contribution < 1.29 is 9.53 Å². The molecule has 3 aromatic rings. The summed E-state index contributed by atoms with van der Waals surface area (Å²) < 4.78 is 6.46. The summed E-state index contributed by atoms with van der Waals surface area (Å²) in [6.07, 6.45) is 0.370. The van der Waals surface area contributed by atoms with E-state index >= 15 is 0 Å². The monoisotopic (exact) mass is 342 g/mol. The van der Waals surface area contributed by atoms with Crippen LogP contribution in [0.25, 0.3) is 9.40 Å². The number of hydrazone groups is 1. The van der Waals surface area contributed by atoms with Gasteiger partial charge in [-0.25, -0.2) is 5.43 Å². The molecule has 0 bridgehead atoms. The number of methoxy groups -OCH3 is 1. The third kappa shape index (κ3) is 2.44. The first kappa shape index (κ1) is 14.4. The van der Waals surface area contributed by atoms with Gasteiger partial charge in [-0.1, -0.05) is 0 Å². The molecule has 0 spiro atoms. The third-order valence-corrected chi connectivity index (χ3v) is 6.22. The number of aryl methyl sites for hydroxylation is 1. The van der Waals surface area contributed by atoms with E-state index < -0.39 is 0 Å². The average Bonchev–Trinajstić information content (AvgIpc) is 3.00. The molecule has 1 N–H and O–H groups in total. The highest BCUT2D eigenvalue weighted by molar-refractivity contribution is 7.39. The number of thiophene rings is 2. The van der Waals surface area contributed by atoms with Crippen molar-refractivity contribution in [1.29, 1.82) is 0 Å². The van der Waals surface area contributed by atoms with Crippen LogP contribution in [0.5, 0.6) is 5.75 Å². The molecule has 1 aliphatic heterocycles. The van der Waals surface area contributed by atoms with E-state index in [0.717, 1.165) is 27.5 Å². The molecule has 1 aromatic carbocycles. The van der Waals surface area contributed by atoms with Gasteiger partial charge in [-0.2, -0.15) is 5.10 Å². The van der Waals surface area contributed by atoms with Crippen LogP contribution in [0, 0.1) is 6.92 Å². The highest BCUT2D eigenvalue weighted by Gasteiger charge is 2.24. The van der Waals surface area contributed by atoms with E-state index in [9.17, 15) is 4.79 Å². The summed E-state index contributed by atoms with van der Waals surface area (Å²) >= 11 is 3.48. The Hall–Kier alpha value is -2.18. The van der Waals surface area contributed by atoms with Crippen molar-refractivity contribution in [2.45, 2.75) is 13.3 Å². The van der Waals surface area contributed by atoms with Gasteiger partial charge in [-0.15, -0.1) is 22.7 Å². The van der Waals surface area contributed by atoms with Gasteiger partial charge in [0.15, 0.2) is 0 Å². The molecule has 1 amide bonds. The fraction of sp³-hybridized carbons (Fsp3) is 0.176. The van der Waals surface area contributed by atoms with Crippen molar-refractivity contribution >= 4 is 43.7 Å². The van der Waals surface area contributed by atoms with E-state index in [2.05, 4.69) is 23.5 Å². The first-order chi connectivity index (χ1) is 11.2. The predicted octanol–water partition coefficient (Wildman–Crippen LogP) is 3.70. The van der Waals surface area contributed by atoms with Crippen LogP contribution in [0.4, 0.5) is 0 Å². The van der Waals surface area contributed by atoms with Gasteiger partial charge in [0, 0.05) is 15.8 Å². The Labute approximate surface area is 141 Å². The molecule has 23 heavy (non-hydrogen) atoms. The number of nitrogens with zero attached hydrogens (tertiary/aromatic N) is 1. The molecule has 4 nitrogen and oxygen atoms in total. The van der Waals surface area contributed by atoms with E-state index in [1.807, 2.05) is 24.3 Å². The van der Waals surface area contributed by atoms with Crippen LogP contribution in [0.2, 0.25) is 0 Å². The lowest BCUT2D eigenvalue weighted by Crippen LogP contribution is -2.18. The average molecular weight is 342 g/mol. The lowest BCUT2D eigenvalue weighted by Gasteiger charge is -2.06. The van der Waals surface area contributed by atoms with Crippen LogP contribution in [0.3, 0.4) is 0 Å². The second-order valence-electron chi connectivity index (χ2n) is 5.37. The predicted molar refractivity (Wildman–Crippen MR) is 94.9 cm³/mol. The first-order valence-corrected chi connectivity index (χ1v) is 8.82. The van der Waals surface area contributed by atoms with Crippen LogP contribution >= 0.6 is 22.7 Å². The zero-order valence-electron chi connectivity index (χ0n) is 12.7. The zero-order valence-corrected chi connectivity index (χ0v) is 14.3. The van der Waals surface area contributed by atoms with Crippen molar-refractivity contribution in [1.82, 2.24) is 5.43 Å². The van der Waals surface area contributed by atoms with E-state index in [1.165, 1.54) is 14.3 Å². The maximum Gasteiger partial charge on any atom is 0.244 e. The van der Waals surface area contributed by atoms with Crippen molar-refractivity contribution in [3.05, 3.63) is 51.2 Å². The summed E-state index contributed by atoms with van der Waals surface area (Å²) in [6.45, 7) is 2.10. The van der Waals surface area contributed by atoms with Gasteiger partial charge in [0.1, 0.15) is 11.5 Å². The molecular formula is C17H14N2O2S2. The summed E-state index contributed by atoms with van der Waals surface area (Å²) in [5.41, 5.74) is 5.53. The second-order valence-corrected chi connectivity index (χ2v) is 7.90. The summed E-state index contributed by atoms with van der Waals surface area (Å²) in [5, 5.41) is 5.55. The summed E-state index contributed by atoms with van der Waals surface area (Å²) in [5.74, 6) is 0.730. The Kier molecular flexibility index (Phi) is 3.43. The summed E-state index contributed by atoms with van der Waals surface area (Å²) in [6, 6.07) is 9.92. The molecule has 116 valence electrons. The van der Waals surface area contributed by atoms with Crippen LogP contribution in [-0.4, -0.2) is 18.7 Å². The fourth-order valence-corrected chi connectivity index (χ4v) is 5.35. The number of hydrogen-bond acceptors (Lipinski definition) is 5. The maximum atomic E-state index is 12.0. The number of fused-ring (bicyclic) bond motifs is 3. The molecule has 1 aliphatic rings. The number of carbonyl (C=O) groups excluding carboxylic acids is 1. The van der Waals surface area contributed by atoms with Crippen LogP contribution < -0.4 is 10.2 Å². The van der Waals surface area contributed by atoms with Gasteiger partial charge in [0.25, 0.3) is 0 Å². The summed E-state index contributed by atoms with van der Waals surface area (Å²) in [7, 11) is 1.65. The Morgan fingerprint density at radius 3 is 2.74 bits per heavy atom. The standard InChI is InChI=1S/C17H14N2O2S2/c1-9-7-13-12-8-14(20)18-19-15(16(12)23-17(13)22-9)10-3-5-11(21-2)6-4-10/h3-7H,8H2,1-2H3,(H,18,20). The van der Waals surface area contributed by atoms with Crippen LogP contribution in [0.1, 0.15) is 20.9 Å². The van der Waals surface area contributed by atoms with Gasteiger partial charge in [0.2, 0.25) is 5.91 Å². The topological polar surface area (TPSA) is 50.7 Å². The van der Waals surface area contributed by atoms with Gasteiger partial charge < -0.3 is 4.74 Å². The molecule has 6 heteroatoms. The molecule has 0 aliphatic carbocycles. The molecule has 4 rings (SSSR count). The van der Waals surface area contributed by atoms with E-state index in [0.29, 0.717) is 6.42 Å².